The number of methoxy groups -OCH3 is 1. The van der Waals surface area contributed by atoms with Crippen LogP contribution in [0.15, 0.2) is 6.33 Å². The van der Waals surface area contributed by atoms with Crippen molar-refractivity contribution in [1.29, 1.82) is 0 Å². The van der Waals surface area contributed by atoms with E-state index in [1.165, 1.54) is 0 Å². The van der Waals surface area contributed by atoms with Gasteiger partial charge in [0.15, 0.2) is 11.5 Å². The van der Waals surface area contributed by atoms with Gasteiger partial charge < -0.3 is 14.6 Å². The van der Waals surface area contributed by atoms with Crippen molar-refractivity contribution in [3.8, 4) is 0 Å². The van der Waals surface area contributed by atoms with Crippen LogP contribution in [0, 0.1) is 6.92 Å². The van der Waals surface area contributed by atoms with Gasteiger partial charge in [-0.3, -0.25) is 9.48 Å². The molecule has 0 spiro atoms. The summed E-state index contributed by atoms with van der Waals surface area (Å²) in [7, 11) is 3.36. The molecule has 0 aromatic carbocycles. The molecule has 0 saturated heterocycles. The van der Waals surface area contributed by atoms with Crippen molar-refractivity contribution >= 4 is 17.5 Å². The van der Waals surface area contributed by atoms with E-state index in [2.05, 4.69) is 20.6 Å². The summed E-state index contributed by atoms with van der Waals surface area (Å²) >= 11 is 6.08. The molecule has 1 amide bonds. The first-order valence-electron chi connectivity index (χ1n) is 6.37. The molecule has 2 rings (SSSR count). The number of halogens is 1. The second kappa shape index (κ2) is 6.68. The van der Waals surface area contributed by atoms with Crippen molar-refractivity contribution in [2.24, 2.45) is 7.05 Å². The number of aromatic nitrogens is 5. The number of hydrogen-bond donors (Lipinski definition) is 1. The molecule has 2 aromatic heterocycles. The minimum atomic E-state index is -0.343. The monoisotopic (exact) mass is 312 g/mol. The Morgan fingerprint density at radius 1 is 1.52 bits per heavy atom. The standard InChI is InChI=1S/C12H17ClN6O2/c1-8-10(13)11(17-18(8)2)12(20)14-6-9-16-15-7-19(9)4-5-21-3/h7H,4-6H2,1-3H3,(H,14,20). The van der Waals surface area contributed by atoms with Gasteiger partial charge in [0, 0.05) is 20.7 Å². The van der Waals surface area contributed by atoms with E-state index >= 15 is 0 Å². The van der Waals surface area contributed by atoms with Gasteiger partial charge in [-0.2, -0.15) is 5.10 Å². The van der Waals surface area contributed by atoms with E-state index in [1.54, 1.807) is 32.1 Å². The predicted octanol–water partition coefficient (Wildman–Crippen LogP) is 0.550. The lowest BCUT2D eigenvalue weighted by atomic mass is 10.3. The second-order valence-electron chi connectivity index (χ2n) is 4.49. The molecule has 0 aliphatic carbocycles. The lowest BCUT2D eigenvalue weighted by Gasteiger charge is -2.06. The largest absolute Gasteiger partial charge is 0.383 e. The normalized spacial score (nSPS) is 10.9. The molecule has 0 radical (unpaired) electrons. The lowest BCUT2D eigenvalue weighted by molar-refractivity contribution is 0.0943. The van der Waals surface area contributed by atoms with Crippen LogP contribution in [0.4, 0.5) is 0 Å². The number of aryl methyl sites for hydroxylation is 1. The molecule has 0 aliphatic rings. The maximum absolute atomic E-state index is 12.1. The molecule has 0 fully saturated rings. The summed E-state index contributed by atoms with van der Waals surface area (Å²) in [6.45, 7) is 3.21. The highest BCUT2D eigenvalue weighted by Gasteiger charge is 2.18. The topological polar surface area (TPSA) is 86.9 Å². The van der Waals surface area contributed by atoms with Gasteiger partial charge in [-0.05, 0) is 6.92 Å². The van der Waals surface area contributed by atoms with Gasteiger partial charge in [-0.15, -0.1) is 10.2 Å². The number of hydrogen-bond acceptors (Lipinski definition) is 5. The average Bonchev–Trinajstić information content (AvgIpc) is 3.02. The minimum Gasteiger partial charge on any atom is -0.383 e. The van der Waals surface area contributed by atoms with Gasteiger partial charge in [0.25, 0.3) is 5.91 Å². The fourth-order valence-corrected chi connectivity index (χ4v) is 2.01. The highest BCUT2D eigenvalue weighted by atomic mass is 35.5. The molecule has 0 unspecified atom stereocenters. The zero-order valence-electron chi connectivity index (χ0n) is 12.1. The van der Waals surface area contributed by atoms with Gasteiger partial charge in [-0.25, -0.2) is 0 Å². The van der Waals surface area contributed by atoms with E-state index in [9.17, 15) is 4.79 Å². The molecule has 0 atom stereocenters. The van der Waals surface area contributed by atoms with Crippen molar-refractivity contribution in [3.63, 3.8) is 0 Å². The summed E-state index contributed by atoms with van der Waals surface area (Å²) in [6.07, 6.45) is 1.60. The maximum Gasteiger partial charge on any atom is 0.273 e. The number of carbonyl (C=O) groups is 1. The van der Waals surface area contributed by atoms with E-state index in [4.69, 9.17) is 16.3 Å². The Labute approximate surface area is 127 Å². The van der Waals surface area contributed by atoms with Crippen LogP contribution in [0.1, 0.15) is 22.0 Å². The molecule has 0 aliphatic heterocycles. The molecule has 8 nitrogen and oxygen atoms in total. The summed E-state index contributed by atoms with van der Waals surface area (Å²) in [5, 5.41) is 15.0. The van der Waals surface area contributed by atoms with E-state index in [-0.39, 0.29) is 18.1 Å². The van der Waals surface area contributed by atoms with Crippen LogP contribution in [0.2, 0.25) is 5.02 Å². The van der Waals surface area contributed by atoms with Crippen LogP contribution < -0.4 is 5.32 Å². The van der Waals surface area contributed by atoms with E-state index in [0.29, 0.717) is 24.0 Å². The first-order valence-corrected chi connectivity index (χ1v) is 6.75. The Hall–Kier alpha value is -1.93. The number of carbonyl (C=O) groups excluding carboxylic acids is 1. The maximum atomic E-state index is 12.1. The molecule has 21 heavy (non-hydrogen) atoms. The molecule has 9 heteroatoms. The number of rotatable bonds is 6. The van der Waals surface area contributed by atoms with Gasteiger partial charge in [0.1, 0.15) is 6.33 Å². The third kappa shape index (κ3) is 3.40. The summed E-state index contributed by atoms with van der Waals surface area (Å²) in [5.41, 5.74) is 0.949. The average molecular weight is 313 g/mol. The Morgan fingerprint density at radius 3 is 2.90 bits per heavy atom. The Bertz CT molecular complexity index is 636. The van der Waals surface area contributed by atoms with Crippen LogP contribution in [-0.4, -0.2) is 44.2 Å². The van der Waals surface area contributed by atoms with Gasteiger partial charge in [-0.1, -0.05) is 11.6 Å². The minimum absolute atomic E-state index is 0.208. The fourth-order valence-electron chi connectivity index (χ4n) is 1.76. The van der Waals surface area contributed by atoms with Crippen LogP contribution in [0.25, 0.3) is 0 Å². The number of nitrogens with one attached hydrogen (secondary N) is 1. The third-order valence-corrected chi connectivity index (χ3v) is 3.57. The van der Waals surface area contributed by atoms with Crippen molar-refractivity contribution < 1.29 is 9.53 Å². The Kier molecular flexibility index (Phi) is 4.92. The summed E-state index contributed by atoms with van der Waals surface area (Å²) in [5.74, 6) is 0.300. The first kappa shape index (κ1) is 15.5. The van der Waals surface area contributed by atoms with Gasteiger partial charge >= 0.3 is 0 Å². The van der Waals surface area contributed by atoms with E-state index < -0.39 is 0 Å². The van der Waals surface area contributed by atoms with Crippen molar-refractivity contribution in [2.45, 2.75) is 20.0 Å². The molecule has 0 bridgehead atoms. The molecular weight excluding hydrogens is 296 g/mol. The van der Waals surface area contributed by atoms with Crippen molar-refractivity contribution in [2.75, 3.05) is 13.7 Å². The molecule has 1 N–H and O–H groups in total. The molecule has 2 aromatic rings. The highest BCUT2D eigenvalue weighted by Crippen LogP contribution is 2.18. The van der Waals surface area contributed by atoms with Crippen LogP contribution in [0.5, 0.6) is 0 Å². The quantitative estimate of drug-likeness (QED) is 0.841. The Morgan fingerprint density at radius 2 is 2.29 bits per heavy atom. The SMILES string of the molecule is COCCn1cnnc1CNC(=O)c1nn(C)c(C)c1Cl. The molecule has 0 saturated carbocycles. The summed E-state index contributed by atoms with van der Waals surface area (Å²) < 4.78 is 8.39. The molecule has 114 valence electrons. The zero-order chi connectivity index (χ0) is 15.4. The van der Waals surface area contributed by atoms with E-state index in [0.717, 1.165) is 5.69 Å². The fraction of sp³-hybridized carbons (Fsp3) is 0.500. The van der Waals surface area contributed by atoms with Crippen molar-refractivity contribution in [3.05, 3.63) is 28.6 Å². The third-order valence-electron chi connectivity index (χ3n) is 3.12. The Balaban J connectivity index is 2.01. The van der Waals surface area contributed by atoms with Crippen LogP contribution in [0.3, 0.4) is 0 Å². The van der Waals surface area contributed by atoms with Gasteiger partial charge in [0.05, 0.1) is 23.9 Å². The van der Waals surface area contributed by atoms with Crippen LogP contribution in [-0.2, 0) is 24.9 Å². The zero-order valence-corrected chi connectivity index (χ0v) is 12.9. The highest BCUT2D eigenvalue weighted by molar-refractivity contribution is 6.34. The summed E-state index contributed by atoms with van der Waals surface area (Å²) in [4.78, 5) is 12.1. The number of ether oxygens (including phenoxy) is 1. The first-order chi connectivity index (χ1) is 10.0. The lowest BCUT2D eigenvalue weighted by Crippen LogP contribution is -2.25. The smallest absolute Gasteiger partial charge is 0.273 e. The van der Waals surface area contributed by atoms with Gasteiger partial charge in [0.2, 0.25) is 0 Å². The predicted molar refractivity (Wildman–Crippen MR) is 76.0 cm³/mol. The molecular formula is C12H17ClN6O2. The number of amides is 1. The van der Waals surface area contributed by atoms with E-state index in [1.807, 2.05) is 4.57 Å². The number of nitrogens with zero attached hydrogens (tertiary/aromatic N) is 5. The second-order valence-corrected chi connectivity index (χ2v) is 4.87. The summed E-state index contributed by atoms with van der Waals surface area (Å²) in [6, 6.07) is 0. The van der Waals surface area contributed by atoms with Crippen molar-refractivity contribution in [1.82, 2.24) is 29.9 Å². The van der Waals surface area contributed by atoms with Crippen LogP contribution >= 0.6 is 11.6 Å². The molecule has 2 heterocycles.